The fourth-order valence-electron chi connectivity index (χ4n) is 3.14. The summed E-state index contributed by atoms with van der Waals surface area (Å²) in [4.78, 5) is 15.1. The zero-order valence-corrected chi connectivity index (χ0v) is 17.2. The molecule has 1 fully saturated rings. The maximum atomic E-state index is 12.9. The SMILES string of the molecule is COCC1(C(=O)Nc2cc(CN(C)C)ccc2C)CCNCC1.Cl.Cl. The molecule has 144 valence electrons. The van der Waals surface area contributed by atoms with E-state index in [1.165, 1.54) is 5.56 Å². The number of nitrogens with zero attached hydrogens (tertiary/aromatic N) is 1. The number of carbonyl (C=O) groups is 1. The van der Waals surface area contributed by atoms with Gasteiger partial charge in [0, 0.05) is 19.3 Å². The van der Waals surface area contributed by atoms with Gasteiger partial charge >= 0.3 is 0 Å². The van der Waals surface area contributed by atoms with Gasteiger partial charge in [0.25, 0.3) is 0 Å². The van der Waals surface area contributed by atoms with Crippen molar-refractivity contribution >= 4 is 36.4 Å². The summed E-state index contributed by atoms with van der Waals surface area (Å²) in [6, 6.07) is 6.26. The first-order valence-corrected chi connectivity index (χ1v) is 8.22. The first-order chi connectivity index (χ1) is 11.0. The molecule has 25 heavy (non-hydrogen) atoms. The average Bonchev–Trinajstić information content (AvgIpc) is 2.51. The lowest BCUT2D eigenvalue weighted by molar-refractivity contribution is -0.130. The number of methoxy groups -OCH3 is 1. The summed E-state index contributed by atoms with van der Waals surface area (Å²) in [5, 5.41) is 6.47. The van der Waals surface area contributed by atoms with Crippen LogP contribution < -0.4 is 10.6 Å². The average molecular weight is 392 g/mol. The van der Waals surface area contributed by atoms with Crippen LogP contribution in [0.5, 0.6) is 0 Å². The van der Waals surface area contributed by atoms with E-state index in [2.05, 4.69) is 33.7 Å². The Morgan fingerprint density at radius 1 is 1.28 bits per heavy atom. The van der Waals surface area contributed by atoms with E-state index in [1.54, 1.807) is 7.11 Å². The zero-order chi connectivity index (χ0) is 16.9. The molecule has 1 aromatic rings. The number of piperidine rings is 1. The van der Waals surface area contributed by atoms with Crippen LogP contribution in [0.2, 0.25) is 0 Å². The van der Waals surface area contributed by atoms with E-state index in [-0.39, 0.29) is 30.7 Å². The number of aryl methyl sites for hydroxylation is 1. The second-order valence-electron chi connectivity index (χ2n) is 6.80. The molecule has 1 aliphatic heterocycles. The molecule has 1 saturated heterocycles. The highest BCUT2D eigenvalue weighted by molar-refractivity contribution is 5.96. The summed E-state index contributed by atoms with van der Waals surface area (Å²) in [5.41, 5.74) is 2.76. The Morgan fingerprint density at radius 2 is 1.92 bits per heavy atom. The quantitative estimate of drug-likeness (QED) is 0.782. The van der Waals surface area contributed by atoms with Crippen molar-refractivity contribution in [3.05, 3.63) is 29.3 Å². The van der Waals surface area contributed by atoms with Gasteiger partial charge < -0.3 is 20.3 Å². The highest BCUT2D eigenvalue weighted by Crippen LogP contribution is 2.31. The van der Waals surface area contributed by atoms with E-state index in [0.29, 0.717) is 6.61 Å². The molecular weight excluding hydrogens is 361 g/mol. The van der Waals surface area contributed by atoms with Gasteiger partial charge in [0.1, 0.15) is 0 Å². The first-order valence-electron chi connectivity index (χ1n) is 8.22. The monoisotopic (exact) mass is 391 g/mol. The van der Waals surface area contributed by atoms with Gasteiger partial charge in [-0.3, -0.25) is 4.79 Å². The van der Waals surface area contributed by atoms with Crippen LogP contribution in [0.4, 0.5) is 5.69 Å². The summed E-state index contributed by atoms with van der Waals surface area (Å²) in [7, 11) is 5.75. The number of carbonyl (C=O) groups excluding carboxylic acids is 1. The predicted molar refractivity (Wildman–Crippen MR) is 108 cm³/mol. The minimum Gasteiger partial charge on any atom is -0.384 e. The molecule has 1 amide bonds. The van der Waals surface area contributed by atoms with Crippen molar-refractivity contribution in [2.24, 2.45) is 5.41 Å². The molecule has 0 aliphatic carbocycles. The number of nitrogens with one attached hydrogen (secondary N) is 2. The van der Waals surface area contributed by atoms with E-state index >= 15 is 0 Å². The number of anilines is 1. The summed E-state index contributed by atoms with van der Waals surface area (Å²) in [5.74, 6) is 0.0750. The molecule has 0 unspecified atom stereocenters. The Hall–Kier alpha value is -0.850. The van der Waals surface area contributed by atoms with Crippen molar-refractivity contribution in [3.8, 4) is 0 Å². The Kier molecular flexibility index (Phi) is 10.6. The summed E-state index contributed by atoms with van der Waals surface area (Å²) in [6.45, 7) is 5.07. The lowest BCUT2D eigenvalue weighted by Gasteiger charge is -2.35. The number of amides is 1. The molecule has 1 aromatic carbocycles. The van der Waals surface area contributed by atoms with Crippen molar-refractivity contribution in [1.82, 2.24) is 10.2 Å². The lowest BCUT2D eigenvalue weighted by Crippen LogP contribution is -2.47. The zero-order valence-electron chi connectivity index (χ0n) is 15.6. The summed E-state index contributed by atoms with van der Waals surface area (Å²) >= 11 is 0. The molecule has 0 saturated carbocycles. The normalized spacial score (nSPS) is 15.9. The maximum Gasteiger partial charge on any atom is 0.233 e. The first kappa shape index (κ1) is 24.1. The third-order valence-corrected chi connectivity index (χ3v) is 4.51. The molecular formula is C18H31Cl2N3O2. The standard InChI is InChI=1S/C18H29N3O2.2ClH/c1-14-5-6-15(12-21(2)3)11-16(14)20-17(22)18(13-23-4)7-9-19-10-8-18;;/h5-6,11,19H,7-10,12-13H2,1-4H3,(H,20,22);2*1H. The molecule has 0 aromatic heterocycles. The number of rotatable bonds is 6. The second-order valence-corrected chi connectivity index (χ2v) is 6.80. The van der Waals surface area contributed by atoms with E-state index in [9.17, 15) is 4.79 Å². The largest absolute Gasteiger partial charge is 0.384 e. The Labute approximate surface area is 163 Å². The Bertz CT molecular complexity index is 542. The van der Waals surface area contributed by atoms with Gasteiger partial charge in [0.2, 0.25) is 5.91 Å². The van der Waals surface area contributed by atoms with Gasteiger partial charge in [-0.05, 0) is 64.1 Å². The fraction of sp³-hybridized carbons (Fsp3) is 0.611. The smallest absolute Gasteiger partial charge is 0.233 e. The molecule has 0 bridgehead atoms. The minimum atomic E-state index is -0.427. The number of halogens is 2. The van der Waals surface area contributed by atoms with Gasteiger partial charge in [0.15, 0.2) is 0 Å². The molecule has 1 heterocycles. The molecule has 0 radical (unpaired) electrons. The van der Waals surface area contributed by atoms with Crippen LogP contribution in [-0.4, -0.2) is 51.7 Å². The fourth-order valence-corrected chi connectivity index (χ4v) is 3.14. The van der Waals surface area contributed by atoms with Crippen molar-refractivity contribution in [3.63, 3.8) is 0 Å². The van der Waals surface area contributed by atoms with E-state index in [4.69, 9.17) is 4.74 Å². The van der Waals surface area contributed by atoms with Gasteiger partial charge in [-0.15, -0.1) is 24.8 Å². The van der Waals surface area contributed by atoms with E-state index in [1.807, 2.05) is 21.0 Å². The molecule has 0 spiro atoms. The summed E-state index contributed by atoms with van der Waals surface area (Å²) < 4.78 is 5.35. The van der Waals surface area contributed by atoms with E-state index in [0.717, 1.165) is 43.7 Å². The molecule has 5 nitrogen and oxygen atoms in total. The topological polar surface area (TPSA) is 53.6 Å². The van der Waals surface area contributed by atoms with Crippen LogP contribution >= 0.6 is 24.8 Å². The molecule has 2 N–H and O–H groups in total. The van der Waals surface area contributed by atoms with Gasteiger partial charge in [-0.25, -0.2) is 0 Å². The van der Waals surface area contributed by atoms with Crippen LogP contribution in [0.1, 0.15) is 24.0 Å². The molecule has 7 heteroatoms. The number of hydrogen-bond acceptors (Lipinski definition) is 4. The van der Waals surface area contributed by atoms with E-state index < -0.39 is 5.41 Å². The van der Waals surface area contributed by atoms with Crippen molar-refractivity contribution in [2.45, 2.75) is 26.3 Å². The van der Waals surface area contributed by atoms with Crippen LogP contribution in [-0.2, 0) is 16.1 Å². The van der Waals surface area contributed by atoms with Crippen LogP contribution in [0.15, 0.2) is 18.2 Å². The van der Waals surface area contributed by atoms with Crippen LogP contribution in [0.3, 0.4) is 0 Å². The minimum absolute atomic E-state index is 0. The Balaban J connectivity index is 0.00000288. The lowest BCUT2D eigenvalue weighted by atomic mass is 9.78. The van der Waals surface area contributed by atoms with Crippen LogP contribution in [0, 0.1) is 12.3 Å². The highest BCUT2D eigenvalue weighted by atomic mass is 35.5. The molecule has 2 rings (SSSR count). The number of hydrogen-bond donors (Lipinski definition) is 2. The maximum absolute atomic E-state index is 12.9. The van der Waals surface area contributed by atoms with Gasteiger partial charge in [-0.2, -0.15) is 0 Å². The predicted octanol–water partition coefficient (Wildman–Crippen LogP) is 2.85. The Morgan fingerprint density at radius 3 is 2.48 bits per heavy atom. The van der Waals surface area contributed by atoms with Crippen molar-refractivity contribution in [1.29, 1.82) is 0 Å². The number of benzene rings is 1. The molecule has 0 atom stereocenters. The van der Waals surface area contributed by atoms with Crippen molar-refractivity contribution < 1.29 is 9.53 Å². The van der Waals surface area contributed by atoms with Crippen molar-refractivity contribution in [2.75, 3.05) is 46.2 Å². The highest BCUT2D eigenvalue weighted by Gasteiger charge is 2.39. The third-order valence-electron chi connectivity index (χ3n) is 4.51. The summed E-state index contributed by atoms with van der Waals surface area (Å²) in [6.07, 6.45) is 1.62. The van der Waals surface area contributed by atoms with Gasteiger partial charge in [-0.1, -0.05) is 12.1 Å². The van der Waals surface area contributed by atoms with Crippen LogP contribution in [0.25, 0.3) is 0 Å². The van der Waals surface area contributed by atoms with Gasteiger partial charge in [0.05, 0.1) is 12.0 Å². The molecule has 1 aliphatic rings. The third kappa shape index (κ3) is 6.42. The number of ether oxygens (including phenoxy) is 1. The second kappa shape index (κ2) is 11.0.